The molecule has 14 atom stereocenters. The fourth-order valence-electron chi connectivity index (χ4n) is 10.1. The number of rotatable bonds is 8. The smallest absolute Gasteiger partial charge is 0.329 e. The van der Waals surface area contributed by atoms with Crippen molar-refractivity contribution in [1.29, 1.82) is 0 Å². The lowest BCUT2D eigenvalue weighted by Gasteiger charge is -2.47. The van der Waals surface area contributed by atoms with Crippen molar-refractivity contribution in [3.8, 4) is 0 Å². The first kappa shape index (κ1) is 50.1. The number of fused-ring (bicyclic) bond motifs is 3. The molecule has 60 heavy (non-hydrogen) atoms. The fraction of sp³-hybridized carbons (Fsp3) is 0.830. The number of allylic oxidation sites excluding steroid dienone is 3. The number of halogens is 1. The standard InChI is InChI=1S/C47H77FN2O10/c1-13-34-23-29(5)41(48)30(6)24-39(56-11)43-40(57-12)25-32(8)47(55,60-43)44(52)45(53)50-21-15-14-16-36(50)46(54)59-42(28(4)17-20-37(34)51)31(7)22-33-18-19-35(49(9)10)38(26-33)58-27(2)3/h22-23,27-28,30,32-36,38-43,55H,13-21,24-26H2,1-12H3. The highest BCUT2D eigenvalue weighted by atomic mass is 19.1. The second kappa shape index (κ2) is 22.2. The summed E-state index contributed by atoms with van der Waals surface area (Å²) in [6.45, 7) is 15.1. The summed E-state index contributed by atoms with van der Waals surface area (Å²) in [4.78, 5) is 60.3. The van der Waals surface area contributed by atoms with Crippen molar-refractivity contribution in [2.75, 3.05) is 34.9 Å². The van der Waals surface area contributed by atoms with Crippen molar-refractivity contribution in [1.82, 2.24) is 9.80 Å². The fourth-order valence-corrected chi connectivity index (χ4v) is 10.1. The largest absolute Gasteiger partial charge is 0.456 e. The van der Waals surface area contributed by atoms with Gasteiger partial charge in [-0.25, -0.2) is 9.18 Å². The molecular formula is C47H77FN2O10. The number of carbonyl (C=O) groups is 4. The van der Waals surface area contributed by atoms with Gasteiger partial charge in [-0.2, -0.15) is 0 Å². The van der Waals surface area contributed by atoms with Crippen molar-refractivity contribution in [3.63, 3.8) is 0 Å². The van der Waals surface area contributed by atoms with Crippen LogP contribution in [0.3, 0.4) is 0 Å². The maximum atomic E-state index is 16.3. The van der Waals surface area contributed by atoms with E-state index < -0.39 is 77.8 Å². The SMILES string of the molecule is CCC1C=C(C)C(F)C(C)CC(OC)C2OC(O)(C(=O)C(=O)N3CCCCC3C(=O)OC(C(C)=CC3CCC(N(C)C)C(OC(C)C)C3)C(C)CCC1=O)C(C)CC2OC. The Bertz CT molecular complexity index is 1530. The predicted molar refractivity (Wildman–Crippen MR) is 228 cm³/mol. The maximum Gasteiger partial charge on any atom is 0.329 e. The van der Waals surface area contributed by atoms with Gasteiger partial charge in [-0.15, -0.1) is 0 Å². The van der Waals surface area contributed by atoms with E-state index in [0.29, 0.717) is 31.3 Å². The number of esters is 1. The molecule has 342 valence electrons. The van der Waals surface area contributed by atoms with Gasteiger partial charge in [0, 0.05) is 45.1 Å². The third-order valence-electron chi connectivity index (χ3n) is 13.8. The lowest BCUT2D eigenvalue weighted by Crippen LogP contribution is -2.64. The first-order valence-corrected chi connectivity index (χ1v) is 22.6. The van der Waals surface area contributed by atoms with Crippen LogP contribution in [0.4, 0.5) is 4.39 Å². The summed E-state index contributed by atoms with van der Waals surface area (Å²) < 4.78 is 46.9. The number of methoxy groups -OCH3 is 2. The quantitative estimate of drug-likeness (QED) is 0.157. The van der Waals surface area contributed by atoms with E-state index in [0.717, 1.165) is 24.8 Å². The van der Waals surface area contributed by atoms with Gasteiger partial charge in [0.15, 0.2) is 0 Å². The zero-order valence-corrected chi connectivity index (χ0v) is 38.6. The van der Waals surface area contributed by atoms with E-state index in [1.807, 2.05) is 34.6 Å². The van der Waals surface area contributed by atoms with Gasteiger partial charge in [0.2, 0.25) is 5.79 Å². The number of ketones is 2. The van der Waals surface area contributed by atoms with Gasteiger partial charge in [0.1, 0.15) is 30.2 Å². The lowest BCUT2D eigenvalue weighted by molar-refractivity contribution is -0.302. The Labute approximate surface area is 359 Å². The van der Waals surface area contributed by atoms with Gasteiger partial charge in [-0.3, -0.25) is 14.4 Å². The average Bonchev–Trinajstić information content (AvgIpc) is 3.21. The molecule has 0 spiro atoms. The van der Waals surface area contributed by atoms with E-state index in [1.165, 1.54) is 19.1 Å². The number of amides is 1. The van der Waals surface area contributed by atoms with Crippen LogP contribution in [0, 0.1) is 29.6 Å². The van der Waals surface area contributed by atoms with Crippen LogP contribution < -0.4 is 0 Å². The number of nitrogens with zero attached hydrogens (tertiary/aromatic N) is 2. The molecule has 0 aromatic rings. The zero-order valence-electron chi connectivity index (χ0n) is 38.6. The number of Topliss-reactive ketones (excluding diaryl/α,β-unsaturated/α-hetero) is 2. The molecule has 3 heterocycles. The highest BCUT2D eigenvalue weighted by Gasteiger charge is 2.56. The summed E-state index contributed by atoms with van der Waals surface area (Å²) in [5.74, 6) is -7.49. The molecule has 4 aliphatic rings. The van der Waals surface area contributed by atoms with E-state index in [2.05, 4.69) is 25.1 Å². The van der Waals surface area contributed by atoms with Crippen molar-refractivity contribution < 1.29 is 52.4 Å². The van der Waals surface area contributed by atoms with Crippen LogP contribution in [0.15, 0.2) is 23.3 Å². The minimum Gasteiger partial charge on any atom is -0.456 e. The van der Waals surface area contributed by atoms with Crippen LogP contribution in [-0.2, 0) is 42.9 Å². The minimum absolute atomic E-state index is 0.0129. The Kier molecular flexibility index (Phi) is 18.5. The Morgan fingerprint density at radius 3 is 2.27 bits per heavy atom. The Balaban J connectivity index is 1.75. The topological polar surface area (TPSA) is 141 Å². The number of hydrogen-bond acceptors (Lipinski definition) is 11. The third-order valence-corrected chi connectivity index (χ3v) is 13.8. The molecule has 2 bridgehead atoms. The number of carbonyl (C=O) groups excluding carboxylic acids is 4. The summed E-state index contributed by atoms with van der Waals surface area (Å²) in [5.41, 5.74) is 1.28. The summed E-state index contributed by atoms with van der Waals surface area (Å²) in [6.07, 6.45) is 4.95. The number of cyclic esters (lactones) is 1. The number of alkyl halides is 1. The van der Waals surface area contributed by atoms with Crippen molar-refractivity contribution in [2.45, 2.75) is 187 Å². The second-order valence-corrected chi connectivity index (χ2v) is 18.9. The zero-order chi connectivity index (χ0) is 44.6. The van der Waals surface area contributed by atoms with Gasteiger partial charge >= 0.3 is 5.97 Å². The molecule has 3 aliphatic heterocycles. The van der Waals surface area contributed by atoms with Crippen LogP contribution in [0.5, 0.6) is 0 Å². The molecule has 0 aromatic carbocycles. The number of hydrogen-bond donors (Lipinski definition) is 1. The maximum absolute atomic E-state index is 16.3. The highest BCUT2D eigenvalue weighted by molar-refractivity contribution is 6.39. The second-order valence-electron chi connectivity index (χ2n) is 18.9. The molecule has 4 rings (SSSR count). The van der Waals surface area contributed by atoms with Crippen LogP contribution in [0.1, 0.15) is 126 Å². The molecule has 0 radical (unpaired) electrons. The van der Waals surface area contributed by atoms with E-state index in [1.54, 1.807) is 26.8 Å². The molecule has 0 aromatic heterocycles. The molecule has 12 nitrogen and oxygen atoms in total. The van der Waals surface area contributed by atoms with Gasteiger partial charge in [-0.1, -0.05) is 39.8 Å². The van der Waals surface area contributed by atoms with E-state index in [-0.39, 0.29) is 68.1 Å². The summed E-state index contributed by atoms with van der Waals surface area (Å²) >= 11 is 0. The van der Waals surface area contributed by atoms with Crippen molar-refractivity contribution in [3.05, 3.63) is 23.3 Å². The minimum atomic E-state index is -2.56. The van der Waals surface area contributed by atoms with Crippen molar-refractivity contribution >= 4 is 23.4 Å². The molecule has 1 amide bonds. The monoisotopic (exact) mass is 849 g/mol. The highest BCUT2D eigenvalue weighted by Crippen LogP contribution is 2.40. The molecule has 3 fully saturated rings. The summed E-state index contributed by atoms with van der Waals surface area (Å²) in [6, 6.07) is -0.787. The van der Waals surface area contributed by atoms with Crippen LogP contribution in [0.25, 0.3) is 0 Å². The molecule has 13 heteroatoms. The number of aliphatic hydroxyl groups is 1. The molecule has 1 saturated carbocycles. The Morgan fingerprint density at radius 1 is 0.983 bits per heavy atom. The van der Waals surface area contributed by atoms with Gasteiger partial charge in [-0.05, 0) is 135 Å². The Morgan fingerprint density at radius 2 is 1.65 bits per heavy atom. The van der Waals surface area contributed by atoms with Gasteiger partial charge in [0.25, 0.3) is 11.7 Å². The van der Waals surface area contributed by atoms with E-state index in [9.17, 15) is 24.3 Å². The van der Waals surface area contributed by atoms with Crippen molar-refractivity contribution in [2.24, 2.45) is 29.6 Å². The normalized spacial score (nSPS) is 38.9. The van der Waals surface area contributed by atoms with Gasteiger partial charge < -0.3 is 38.6 Å². The molecule has 2 saturated heterocycles. The van der Waals surface area contributed by atoms with Crippen LogP contribution >= 0.6 is 0 Å². The first-order chi connectivity index (χ1) is 28.3. The molecular weight excluding hydrogens is 772 g/mol. The van der Waals surface area contributed by atoms with E-state index in [4.69, 9.17) is 23.7 Å². The number of ether oxygens (including phenoxy) is 5. The summed E-state index contributed by atoms with van der Waals surface area (Å²) in [7, 11) is 7.09. The average molecular weight is 849 g/mol. The molecule has 1 N–H and O–H groups in total. The number of likely N-dealkylation sites (N-methyl/N-ethyl adjacent to an activating group) is 1. The van der Waals surface area contributed by atoms with Gasteiger partial charge in [0.05, 0.1) is 24.4 Å². The predicted octanol–water partition coefficient (Wildman–Crippen LogP) is 6.80. The third kappa shape index (κ3) is 11.9. The van der Waals surface area contributed by atoms with Crippen LogP contribution in [0.2, 0.25) is 0 Å². The first-order valence-electron chi connectivity index (χ1n) is 22.6. The lowest BCUT2D eigenvalue weighted by atomic mass is 9.81. The molecule has 14 unspecified atom stereocenters. The number of piperidine rings is 1. The molecule has 1 aliphatic carbocycles. The summed E-state index contributed by atoms with van der Waals surface area (Å²) in [5, 5.41) is 12.1. The van der Waals surface area contributed by atoms with E-state index >= 15 is 4.39 Å². The Hall–Kier alpha value is -2.55. The van der Waals surface area contributed by atoms with Crippen LogP contribution in [-0.4, -0.2) is 134 Å².